The number of benzene rings is 9. The molecule has 0 saturated carbocycles. The first-order chi connectivity index (χ1) is 29.7. The quantitative estimate of drug-likeness (QED) is 0.175. The summed E-state index contributed by atoms with van der Waals surface area (Å²) >= 11 is 1.90. The van der Waals surface area contributed by atoms with Crippen LogP contribution in [0.1, 0.15) is 0 Å². The van der Waals surface area contributed by atoms with E-state index >= 15 is 0 Å². The average Bonchev–Trinajstić information content (AvgIpc) is 3.97. The Bertz CT molecular complexity index is 3660. The van der Waals surface area contributed by atoms with E-state index in [0.29, 0.717) is 17.5 Å². The summed E-state index contributed by atoms with van der Waals surface area (Å²) in [5.74, 6) is 1.93. The summed E-state index contributed by atoms with van der Waals surface area (Å²) in [5.41, 5.74) is 13.9. The van der Waals surface area contributed by atoms with Crippen LogP contribution in [0.25, 0.3) is 126 Å². The van der Waals surface area contributed by atoms with Crippen molar-refractivity contribution in [3.63, 3.8) is 0 Å². The fourth-order valence-corrected chi connectivity index (χ4v) is 10.6. The summed E-state index contributed by atoms with van der Waals surface area (Å²) in [6.45, 7) is 0. The van der Waals surface area contributed by atoms with Gasteiger partial charge < -0.3 is 4.57 Å². The van der Waals surface area contributed by atoms with E-state index in [2.05, 4.69) is 138 Å². The Labute approximate surface area is 349 Å². The summed E-state index contributed by atoms with van der Waals surface area (Å²) in [4.78, 5) is 15.0. The largest absolute Gasteiger partial charge is 0.309 e. The van der Waals surface area contributed by atoms with Crippen LogP contribution in [0, 0.1) is 0 Å². The predicted octanol–water partition coefficient (Wildman–Crippen LogP) is 14.8. The van der Waals surface area contributed by atoms with Crippen molar-refractivity contribution in [3.05, 3.63) is 194 Å². The molecule has 1 aliphatic rings. The van der Waals surface area contributed by atoms with E-state index in [9.17, 15) is 0 Å². The van der Waals surface area contributed by atoms with E-state index in [1.165, 1.54) is 75.1 Å². The lowest BCUT2D eigenvalue weighted by Gasteiger charge is -2.12. The van der Waals surface area contributed by atoms with E-state index < -0.39 is 0 Å². The molecular weight excluding hydrogens is 749 g/mol. The molecule has 0 N–H and O–H groups in total. The predicted molar refractivity (Wildman–Crippen MR) is 251 cm³/mol. The molecule has 0 atom stereocenters. The number of hydrogen-bond acceptors (Lipinski definition) is 4. The van der Waals surface area contributed by atoms with Gasteiger partial charge in [-0.25, -0.2) is 15.0 Å². The average molecular weight is 781 g/mol. The molecule has 0 spiro atoms. The van der Waals surface area contributed by atoms with Crippen LogP contribution in [0.2, 0.25) is 0 Å². The van der Waals surface area contributed by atoms with Crippen LogP contribution in [-0.2, 0) is 0 Å². The van der Waals surface area contributed by atoms with Crippen molar-refractivity contribution in [2.45, 2.75) is 0 Å². The molecule has 3 aromatic heterocycles. The number of hydrogen-bond donors (Lipinski definition) is 0. The molecule has 9 aromatic carbocycles. The first-order valence-corrected chi connectivity index (χ1v) is 21.1. The third-order valence-electron chi connectivity index (χ3n) is 12.2. The van der Waals surface area contributed by atoms with E-state index in [1.54, 1.807) is 0 Å². The van der Waals surface area contributed by atoms with Gasteiger partial charge in [0.25, 0.3) is 0 Å². The van der Waals surface area contributed by atoms with Crippen LogP contribution < -0.4 is 0 Å². The van der Waals surface area contributed by atoms with Gasteiger partial charge in [-0.05, 0) is 92.7 Å². The molecule has 4 nitrogen and oxygen atoms in total. The minimum Gasteiger partial charge on any atom is -0.309 e. The van der Waals surface area contributed by atoms with Crippen LogP contribution >= 0.6 is 11.3 Å². The van der Waals surface area contributed by atoms with Crippen molar-refractivity contribution in [2.24, 2.45) is 0 Å². The van der Waals surface area contributed by atoms with Crippen molar-refractivity contribution in [2.75, 3.05) is 0 Å². The molecular formula is C55H32N4S. The number of thiophene rings is 1. The number of nitrogens with zero attached hydrogens (tertiary/aromatic N) is 4. The standard InChI is InChI=1S/C55H32N4S/c1-3-13-33(14-4-1)53-56-54(34-15-5-2-6-16-34)58-55(57-53)37-17-11-18-38(29-37)59-47-24-10-9-21-41(47)44-30-35(25-27-48(44)59)36-26-28-49-46(31-36)52-43-23-12-22-42-39-19-7-8-20-40(39)45(51(42)43)32-50(52)60-49/h1-32H. The molecule has 0 saturated heterocycles. The second-order valence-electron chi connectivity index (χ2n) is 15.6. The first-order valence-electron chi connectivity index (χ1n) is 20.3. The Balaban J connectivity index is 0.948. The van der Waals surface area contributed by atoms with Crippen molar-refractivity contribution in [1.29, 1.82) is 0 Å². The fraction of sp³-hybridized carbons (Fsp3) is 0. The third kappa shape index (κ3) is 5.00. The SMILES string of the molecule is c1ccc(-c2nc(-c3ccccc3)nc(-c3cccc(-n4c5ccccc5c5cc(-c6ccc7sc8cc9c%10c(cccc%10c8c7c6)-c6ccccc6-9)ccc54)c3)n2)cc1. The summed E-state index contributed by atoms with van der Waals surface area (Å²) in [6, 6.07) is 69.6. The smallest absolute Gasteiger partial charge is 0.164 e. The highest BCUT2D eigenvalue weighted by Gasteiger charge is 2.24. The van der Waals surface area contributed by atoms with Crippen LogP contribution in [0.4, 0.5) is 0 Å². The molecule has 0 amide bonds. The van der Waals surface area contributed by atoms with Crippen molar-refractivity contribution < 1.29 is 0 Å². The van der Waals surface area contributed by atoms with E-state index in [4.69, 9.17) is 15.0 Å². The molecule has 3 heterocycles. The first kappa shape index (κ1) is 33.3. The molecule has 60 heavy (non-hydrogen) atoms. The summed E-state index contributed by atoms with van der Waals surface area (Å²) < 4.78 is 5.02. The van der Waals surface area contributed by atoms with Crippen LogP contribution in [-0.4, -0.2) is 19.5 Å². The highest BCUT2D eigenvalue weighted by atomic mass is 32.1. The van der Waals surface area contributed by atoms with Gasteiger partial charge in [0.1, 0.15) is 0 Å². The van der Waals surface area contributed by atoms with Gasteiger partial charge in [0.15, 0.2) is 17.5 Å². The normalized spacial score (nSPS) is 12.0. The Morgan fingerprint density at radius 1 is 0.317 bits per heavy atom. The summed E-state index contributed by atoms with van der Waals surface area (Å²) in [5, 5.41) is 7.81. The van der Waals surface area contributed by atoms with E-state index in [1.807, 2.05) is 72.0 Å². The fourth-order valence-electron chi connectivity index (χ4n) is 9.47. The second kappa shape index (κ2) is 12.9. The lowest BCUT2D eigenvalue weighted by molar-refractivity contribution is 1.07. The maximum Gasteiger partial charge on any atom is 0.164 e. The van der Waals surface area contributed by atoms with Crippen LogP contribution in [0.15, 0.2) is 194 Å². The molecule has 1 aliphatic carbocycles. The zero-order chi connectivity index (χ0) is 39.3. The molecule has 278 valence electrons. The van der Waals surface area contributed by atoms with Crippen LogP contribution in [0.3, 0.4) is 0 Å². The second-order valence-corrected chi connectivity index (χ2v) is 16.6. The lowest BCUT2D eigenvalue weighted by atomic mass is 9.96. The van der Waals surface area contributed by atoms with Gasteiger partial charge in [-0.1, -0.05) is 146 Å². The lowest BCUT2D eigenvalue weighted by Crippen LogP contribution is -2.01. The van der Waals surface area contributed by atoms with Crippen LogP contribution in [0.5, 0.6) is 0 Å². The zero-order valence-corrected chi connectivity index (χ0v) is 33.0. The van der Waals surface area contributed by atoms with Gasteiger partial charge >= 0.3 is 0 Å². The Kier molecular flexibility index (Phi) is 7.14. The molecule has 0 radical (unpaired) electrons. The number of para-hydroxylation sites is 1. The van der Waals surface area contributed by atoms with Crippen molar-refractivity contribution in [1.82, 2.24) is 19.5 Å². The topological polar surface area (TPSA) is 43.6 Å². The molecule has 0 unspecified atom stereocenters. The monoisotopic (exact) mass is 780 g/mol. The van der Waals surface area contributed by atoms with Gasteiger partial charge in [0.05, 0.1) is 11.0 Å². The molecule has 5 heteroatoms. The zero-order valence-electron chi connectivity index (χ0n) is 32.2. The molecule has 13 rings (SSSR count). The van der Waals surface area contributed by atoms with Gasteiger partial charge in [-0.2, -0.15) is 0 Å². The number of rotatable bonds is 5. The van der Waals surface area contributed by atoms with E-state index in [0.717, 1.165) is 33.4 Å². The Hall–Kier alpha value is -7.73. The molecule has 0 fully saturated rings. The Morgan fingerprint density at radius 3 is 1.65 bits per heavy atom. The van der Waals surface area contributed by atoms with Gasteiger partial charge in [-0.3, -0.25) is 0 Å². The maximum atomic E-state index is 5.04. The third-order valence-corrected chi connectivity index (χ3v) is 13.3. The van der Waals surface area contributed by atoms with Crippen molar-refractivity contribution >= 4 is 64.1 Å². The highest BCUT2D eigenvalue weighted by molar-refractivity contribution is 7.26. The number of fused-ring (bicyclic) bond motifs is 10. The van der Waals surface area contributed by atoms with Crippen molar-refractivity contribution in [3.8, 4) is 73.2 Å². The summed E-state index contributed by atoms with van der Waals surface area (Å²) in [6.07, 6.45) is 0. The van der Waals surface area contributed by atoms with Gasteiger partial charge in [-0.15, -0.1) is 11.3 Å². The summed E-state index contributed by atoms with van der Waals surface area (Å²) in [7, 11) is 0. The van der Waals surface area contributed by atoms with Gasteiger partial charge in [0.2, 0.25) is 0 Å². The molecule has 0 aliphatic heterocycles. The minimum absolute atomic E-state index is 0.635. The number of aromatic nitrogens is 4. The Morgan fingerprint density at radius 2 is 0.883 bits per heavy atom. The molecule has 0 bridgehead atoms. The molecule has 12 aromatic rings. The highest BCUT2D eigenvalue weighted by Crippen LogP contribution is 2.52. The minimum atomic E-state index is 0.635. The van der Waals surface area contributed by atoms with Gasteiger partial charge in [0, 0.05) is 53.3 Å². The van der Waals surface area contributed by atoms with E-state index in [-0.39, 0.29) is 0 Å². The maximum absolute atomic E-state index is 5.04.